The Kier molecular flexibility index (Phi) is 5.39. The Balaban J connectivity index is 1.99. The number of aromatic hydroxyl groups is 1. The molecule has 3 nitrogen and oxygen atoms in total. The lowest BCUT2D eigenvalue weighted by molar-refractivity contribution is -0.0328. The van der Waals surface area contributed by atoms with Gasteiger partial charge < -0.3 is 10.4 Å². The van der Waals surface area contributed by atoms with Crippen molar-refractivity contribution in [2.75, 3.05) is 26.2 Å². The molecule has 0 aliphatic carbocycles. The summed E-state index contributed by atoms with van der Waals surface area (Å²) < 4.78 is 38.1. The molecule has 130 valence electrons. The highest BCUT2D eigenvalue weighted by Gasteiger charge is 2.31. The van der Waals surface area contributed by atoms with E-state index in [9.17, 15) is 18.3 Å². The lowest BCUT2D eigenvalue weighted by Crippen LogP contribution is -2.45. The molecule has 0 saturated carbocycles. The zero-order chi connectivity index (χ0) is 17.2. The van der Waals surface area contributed by atoms with Crippen molar-refractivity contribution in [1.29, 1.82) is 0 Å². The number of nitrogens with one attached hydrogen (secondary N) is 1. The molecule has 0 bridgehead atoms. The Morgan fingerprint density at radius 2 is 1.96 bits per heavy atom. The van der Waals surface area contributed by atoms with Crippen LogP contribution in [0, 0.1) is 0 Å². The van der Waals surface area contributed by atoms with E-state index in [1.165, 1.54) is 18.2 Å². The number of nitrogens with zero attached hydrogens (tertiary/aromatic N) is 1. The summed E-state index contributed by atoms with van der Waals surface area (Å²) in [5.74, 6) is 0.0263. The minimum Gasteiger partial charge on any atom is -0.508 e. The molecule has 0 radical (unpaired) electrons. The van der Waals surface area contributed by atoms with Crippen LogP contribution < -0.4 is 5.32 Å². The van der Waals surface area contributed by atoms with E-state index in [0.29, 0.717) is 5.56 Å². The van der Waals surface area contributed by atoms with E-state index in [4.69, 9.17) is 0 Å². The van der Waals surface area contributed by atoms with Gasteiger partial charge in [0.05, 0.1) is 6.04 Å². The predicted octanol–water partition coefficient (Wildman–Crippen LogP) is 4.06. The lowest BCUT2D eigenvalue weighted by Gasteiger charge is -2.35. The van der Waals surface area contributed by atoms with Crippen LogP contribution in [0.5, 0.6) is 5.75 Å². The van der Waals surface area contributed by atoms with Gasteiger partial charge in [0.1, 0.15) is 5.75 Å². The van der Waals surface area contributed by atoms with Gasteiger partial charge in [0.2, 0.25) is 0 Å². The topological polar surface area (TPSA) is 35.5 Å². The van der Waals surface area contributed by atoms with Crippen LogP contribution in [-0.4, -0.2) is 41.7 Å². The summed E-state index contributed by atoms with van der Waals surface area (Å²) in [6.07, 6.45) is 0. The van der Waals surface area contributed by atoms with E-state index < -0.39 is 5.51 Å². The number of thiophene rings is 1. The van der Waals surface area contributed by atoms with Gasteiger partial charge in [0.15, 0.2) is 0 Å². The summed E-state index contributed by atoms with van der Waals surface area (Å²) in [6, 6.07) is 7.76. The summed E-state index contributed by atoms with van der Waals surface area (Å²) in [7, 11) is 0. The molecule has 1 saturated heterocycles. The third kappa shape index (κ3) is 4.24. The van der Waals surface area contributed by atoms with Crippen molar-refractivity contribution in [3.05, 3.63) is 46.2 Å². The van der Waals surface area contributed by atoms with Crippen LogP contribution in [-0.2, 0) is 0 Å². The SMILES string of the molecule is Oc1ccc(SC(F)(F)F)cc1[C@H](c1cccs1)N1CCNCC1. The Morgan fingerprint density at radius 1 is 1.21 bits per heavy atom. The van der Waals surface area contributed by atoms with Crippen molar-refractivity contribution in [3.8, 4) is 5.75 Å². The number of rotatable bonds is 4. The molecule has 1 aromatic carbocycles. The fourth-order valence-electron chi connectivity index (χ4n) is 2.87. The second kappa shape index (κ2) is 7.35. The van der Waals surface area contributed by atoms with Crippen LogP contribution in [0.4, 0.5) is 13.2 Å². The monoisotopic (exact) mass is 374 g/mol. The number of thioether (sulfide) groups is 1. The maximum absolute atomic E-state index is 12.7. The molecule has 1 aliphatic rings. The van der Waals surface area contributed by atoms with Crippen LogP contribution in [0.25, 0.3) is 0 Å². The highest BCUT2D eigenvalue weighted by Crippen LogP contribution is 2.42. The van der Waals surface area contributed by atoms with E-state index in [1.807, 2.05) is 17.5 Å². The van der Waals surface area contributed by atoms with Crippen molar-refractivity contribution in [1.82, 2.24) is 10.2 Å². The zero-order valence-corrected chi connectivity index (χ0v) is 14.3. The molecule has 0 unspecified atom stereocenters. The number of hydrogen-bond acceptors (Lipinski definition) is 5. The molecule has 0 spiro atoms. The Hall–Kier alpha value is -1.22. The smallest absolute Gasteiger partial charge is 0.446 e. The van der Waals surface area contributed by atoms with Crippen molar-refractivity contribution >= 4 is 23.1 Å². The summed E-state index contributed by atoms with van der Waals surface area (Å²) in [5.41, 5.74) is -3.82. The maximum Gasteiger partial charge on any atom is 0.446 e. The third-order valence-corrected chi connectivity index (χ3v) is 5.50. The summed E-state index contributed by atoms with van der Waals surface area (Å²) in [6.45, 7) is 3.19. The molecular weight excluding hydrogens is 357 g/mol. The van der Waals surface area contributed by atoms with Gasteiger partial charge in [-0.15, -0.1) is 11.3 Å². The number of benzene rings is 1. The molecule has 3 rings (SSSR count). The van der Waals surface area contributed by atoms with E-state index in [1.54, 1.807) is 11.3 Å². The van der Waals surface area contributed by atoms with Gasteiger partial charge >= 0.3 is 5.51 Å². The lowest BCUT2D eigenvalue weighted by atomic mass is 10.0. The van der Waals surface area contributed by atoms with E-state index in [2.05, 4.69) is 10.2 Å². The van der Waals surface area contributed by atoms with E-state index >= 15 is 0 Å². The van der Waals surface area contributed by atoms with Gasteiger partial charge in [-0.2, -0.15) is 13.2 Å². The highest BCUT2D eigenvalue weighted by molar-refractivity contribution is 8.00. The molecule has 8 heteroatoms. The normalized spacial score (nSPS) is 17.8. The molecule has 2 aromatic rings. The average molecular weight is 374 g/mol. The Bertz CT molecular complexity index is 670. The number of halogens is 3. The largest absolute Gasteiger partial charge is 0.508 e. The molecule has 1 atom stereocenters. The van der Waals surface area contributed by atoms with Crippen LogP contribution in [0.2, 0.25) is 0 Å². The molecule has 2 heterocycles. The number of hydrogen-bond donors (Lipinski definition) is 2. The second-order valence-electron chi connectivity index (χ2n) is 5.47. The zero-order valence-electron chi connectivity index (χ0n) is 12.7. The van der Waals surface area contributed by atoms with Crippen molar-refractivity contribution < 1.29 is 18.3 Å². The first-order chi connectivity index (χ1) is 11.4. The van der Waals surface area contributed by atoms with Gasteiger partial charge in [-0.05, 0) is 41.4 Å². The number of alkyl halides is 3. The van der Waals surface area contributed by atoms with Gasteiger partial charge in [0, 0.05) is 41.5 Å². The van der Waals surface area contributed by atoms with E-state index in [-0.39, 0.29) is 28.4 Å². The molecule has 24 heavy (non-hydrogen) atoms. The minimum atomic E-state index is -4.35. The van der Waals surface area contributed by atoms with Crippen LogP contribution >= 0.6 is 23.1 Å². The van der Waals surface area contributed by atoms with Gasteiger partial charge in [-0.1, -0.05) is 6.07 Å². The molecular formula is C16H17F3N2OS2. The first kappa shape index (κ1) is 17.6. The fourth-order valence-corrected chi connectivity index (χ4v) is 4.33. The third-order valence-electron chi connectivity index (χ3n) is 3.86. The summed E-state index contributed by atoms with van der Waals surface area (Å²) in [4.78, 5) is 3.30. The van der Waals surface area contributed by atoms with Crippen molar-refractivity contribution in [3.63, 3.8) is 0 Å². The van der Waals surface area contributed by atoms with Crippen molar-refractivity contribution in [2.45, 2.75) is 16.4 Å². The number of phenolic OH excluding ortho intramolecular Hbond substituents is 1. The summed E-state index contributed by atoms with van der Waals surface area (Å²) in [5, 5.41) is 15.5. The first-order valence-electron chi connectivity index (χ1n) is 7.51. The fraction of sp³-hybridized carbons (Fsp3) is 0.375. The first-order valence-corrected chi connectivity index (χ1v) is 9.20. The molecule has 2 N–H and O–H groups in total. The maximum atomic E-state index is 12.7. The van der Waals surface area contributed by atoms with Crippen LogP contribution in [0.1, 0.15) is 16.5 Å². The predicted molar refractivity (Wildman–Crippen MR) is 90.6 cm³/mol. The Labute approximate surface area is 146 Å². The van der Waals surface area contributed by atoms with Gasteiger partial charge in [0.25, 0.3) is 0 Å². The average Bonchev–Trinajstić information content (AvgIpc) is 3.04. The molecule has 1 aliphatic heterocycles. The van der Waals surface area contributed by atoms with Crippen LogP contribution in [0.3, 0.4) is 0 Å². The van der Waals surface area contributed by atoms with Crippen molar-refractivity contribution in [2.24, 2.45) is 0 Å². The number of phenols is 1. The van der Waals surface area contributed by atoms with E-state index in [0.717, 1.165) is 31.1 Å². The standard InChI is InChI=1S/C16H17F3N2OS2/c17-16(18,19)24-11-3-4-13(22)12(10-11)15(14-2-1-9-23-14)21-7-5-20-6-8-21/h1-4,9-10,15,20,22H,5-8H2/t15-/m1/s1. The second-order valence-corrected chi connectivity index (χ2v) is 7.59. The van der Waals surface area contributed by atoms with Gasteiger partial charge in [-0.3, -0.25) is 4.90 Å². The van der Waals surface area contributed by atoms with Crippen LogP contribution in [0.15, 0.2) is 40.6 Å². The Morgan fingerprint density at radius 3 is 2.58 bits per heavy atom. The minimum absolute atomic E-state index is 0.0263. The molecule has 1 aromatic heterocycles. The molecule has 0 amide bonds. The molecule has 1 fully saturated rings. The quantitative estimate of drug-likeness (QED) is 0.791. The number of piperazine rings is 1. The highest BCUT2D eigenvalue weighted by atomic mass is 32.2. The summed E-state index contributed by atoms with van der Waals surface area (Å²) >= 11 is 1.39. The van der Waals surface area contributed by atoms with Gasteiger partial charge in [-0.25, -0.2) is 0 Å².